The molecule has 0 atom stereocenters. The SMILES string of the molecule is CCO.OCC(O)(C1CCCCC1)C1CCCCC1. The second kappa shape index (κ2) is 8.93. The van der Waals surface area contributed by atoms with E-state index in [4.69, 9.17) is 5.11 Å². The lowest BCUT2D eigenvalue weighted by atomic mass is 9.67. The smallest absolute Gasteiger partial charge is 0.0933 e. The molecule has 2 fully saturated rings. The summed E-state index contributed by atoms with van der Waals surface area (Å²) in [5, 5.41) is 28.0. The van der Waals surface area contributed by atoms with E-state index in [0.717, 1.165) is 25.7 Å². The number of rotatable bonds is 3. The maximum absolute atomic E-state index is 10.8. The Kier molecular flexibility index (Phi) is 7.96. The Labute approximate surface area is 118 Å². The largest absolute Gasteiger partial charge is 0.397 e. The first-order valence-electron chi connectivity index (χ1n) is 8.13. The molecule has 0 unspecified atom stereocenters. The molecule has 0 saturated heterocycles. The standard InChI is InChI=1S/C14H26O2.C2H6O/c15-11-14(16,12-7-3-1-4-8-12)13-9-5-2-6-10-13;1-2-3/h12-13,15-16H,1-11H2;3H,2H2,1H3. The summed E-state index contributed by atoms with van der Waals surface area (Å²) in [5.74, 6) is 0.712. The van der Waals surface area contributed by atoms with Gasteiger partial charge in [0, 0.05) is 6.61 Å². The molecule has 3 heteroatoms. The molecule has 3 nitrogen and oxygen atoms in total. The van der Waals surface area contributed by atoms with Gasteiger partial charge in [-0.25, -0.2) is 0 Å². The van der Waals surface area contributed by atoms with Crippen LogP contribution in [0, 0.1) is 11.8 Å². The highest BCUT2D eigenvalue weighted by Gasteiger charge is 2.43. The molecule has 0 spiro atoms. The number of aliphatic hydroxyl groups is 3. The molecule has 0 heterocycles. The van der Waals surface area contributed by atoms with Crippen LogP contribution in [0.15, 0.2) is 0 Å². The van der Waals surface area contributed by atoms with E-state index < -0.39 is 5.60 Å². The molecular formula is C16H32O3. The van der Waals surface area contributed by atoms with Crippen molar-refractivity contribution in [1.82, 2.24) is 0 Å². The summed E-state index contributed by atoms with van der Waals surface area (Å²) >= 11 is 0. The van der Waals surface area contributed by atoms with Gasteiger partial charge in [0.1, 0.15) is 0 Å². The van der Waals surface area contributed by atoms with Crippen LogP contribution in [0.3, 0.4) is 0 Å². The lowest BCUT2D eigenvalue weighted by Gasteiger charge is -2.44. The number of hydrogen-bond acceptors (Lipinski definition) is 3. The normalized spacial score (nSPS) is 22.7. The van der Waals surface area contributed by atoms with Crippen LogP contribution in [0.2, 0.25) is 0 Å². The van der Waals surface area contributed by atoms with Crippen LogP contribution >= 0.6 is 0 Å². The van der Waals surface area contributed by atoms with Crippen LogP contribution in [0.4, 0.5) is 0 Å². The van der Waals surface area contributed by atoms with Crippen LogP contribution in [-0.2, 0) is 0 Å². The Morgan fingerprint density at radius 2 is 1.11 bits per heavy atom. The van der Waals surface area contributed by atoms with Gasteiger partial charge in [-0.15, -0.1) is 0 Å². The molecule has 2 aliphatic rings. The predicted molar refractivity (Wildman–Crippen MR) is 77.9 cm³/mol. The fourth-order valence-electron chi connectivity index (χ4n) is 3.80. The Morgan fingerprint density at radius 1 is 0.789 bits per heavy atom. The second-order valence-electron chi connectivity index (χ2n) is 6.14. The zero-order valence-corrected chi connectivity index (χ0v) is 12.5. The third-order valence-corrected chi connectivity index (χ3v) is 4.88. The van der Waals surface area contributed by atoms with Gasteiger partial charge in [0.05, 0.1) is 12.2 Å². The zero-order valence-electron chi connectivity index (χ0n) is 12.5. The highest BCUT2D eigenvalue weighted by molar-refractivity contribution is 4.94. The molecule has 19 heavy (non-hydrogen) atoms. The summed E-state index contributed by atoms with van der Waals surface area (Å²) in [6.07, 6.45) is 12.0. The zero-order chi connectivity index (χ0) is 14.1. The van der Waals surface area contributed by atoms with Gasteiger partial charge in [-0.2, -0.15) is 0 Å². The van der Waals surface area contributed by atoms with Crippen molar-refractivity contribution in [3.05, 3.63) is 0 Å². The van der Waals surface area contributed by atoms with Crippen molar-refractivity contribution >= 4 is 0 Å². The molecule has 0 radical (unpaired) electrons. The highest BCUT2D eigenvalue weighted by Crippen LogP contribution is 2.42. The summed E-state index contributed by atoms with van der Waals surface area (Å²) in [6.45, 7) is 1.91. The topological polar surface area (TPSA) is 60.7 Å². The molecule has 0 aromatic rings. The van der Waals surface area contributed by atoms with Crippen molar-refractivity contribution in [2.24, 2.45) is 11.8 Å². The number of hydrogen-bond donors (Lipinski definition) is 3. The first-order valence-corrected chi connectivity index (χ1v) is 8.13. The van der Waals surface area contributed by atoms with Gasteiger partial charge >= 0.3 is 0 Å². The molecule has 0 aliphatic heterocycles. The fourth-order valence-corrected chi connectivity index (χ4v) is 3.80. The molecule has 0 aromatic heterocycles. The van der Waals surface area contributed by atoms with Crippen LogP contribution in [-0.4, -0.2) is 34.1 Å². The minimum atomic E-state index is -0.763. The van der Waals surface area contributed by atoms with E-state index in [1.54, 1.807) is 6.92 Å². The van der Waals surface area contributed by atoms with Gasteiger partial charge in [-0.05, 0) is 44.4 Å². The van der Waals surface area contributed by atoms with E-state index in [1.165, 1.54) is 38.5 Å². The van der Waals surface area contributed by atoms with Gasteiger partial charge in [0.15, 0.2) is 0 Å². The molecule has 2 aliphatic carbocycles. The van der Waals surface area contributed by atoms with Crippen LogP contribution < -0.4 is 0 Å². The molecule has 2 saturated carbocycles. The van der Waals surface area contributed by atoms with Crippen LogP contribution in [0.5, 0.6) is 0 Å². The summed E-state index contributed by atoms with van der Waals surface area (Å²) in [7, 11) is 0. The minimum absolute atomic E-state index is 0.0255. The Bertz CT molecular complexity index is 200. The maximum atomic E-state index is 10.8. The fraction of sp³-hybridized carbons (Fsp3) is 1.00. The summed E-state index contributed by atoms with van der Waals surface area (Å²) in [4.78, 5) is 0. The predicted octanol–water partition coefficient (Wildman–Crippen LogP) is 2.87. The second-order valence-corrected chi connectivity index (χ2v) is 6.14. The third-order valence-electron chi connectivity index (χ3n) is 4.88. The molecule has 2 rings (SSSR count). The minimum Gasteiger partial charge on any atom is -0.397 e. The summed E-state index contributed by atoms with van der Waals surface area (Å²) in [6, 6.07) is 0. The van der Waals surface area contributed by atoms with Crippen molar-refractivity contribution in [1.29, 1.82) is 0 Å². The van der Waals surface area contributed by atoms with Crippen LogP contribution in [0.1, 0.15) is 71.1 Å². The van der Waals surface area contributed by atoms with Gasteiger partial charge in [-0.3, -0.25) is 0 Å². The van der Waals surface area contributed by atoms with Crippen molar-refractivity contribution in [2.75, 3.05) is 13.2 Å². The monoisotopic (exact) mass is 272 g/mol. The van der Waals surface area contributed by atoms with Gasteiger partial charge < -0.3 is 15.3 Å². The first-order chi connectivity index (χ1) is 9.19. The van der Waals surface area contributed by atoms with E-state index in [0.29, 0.717) is 11.8 Å². The van der Waals surface area contributed by atoms with Crippen molar-refractivity contribution in [3.8, 4) is 0 Å². The Hall–Kier alpha value is -0.120. The number of aliphatic hydroxyl groups excluding tert-OH is 2. The molecule has 3 N–H and O–H groups in total. The Morgan fingerprint density at radius 3 is 1.37 bits per heavy atom. The third kappa shape index (κ3) is 4.73. The van der Waals surface area contributed by atoms with Gasteiger partial charge in [0.25, 0.3) is 0 Å². The molecule has 0 amide bonds. The van der Waals surface area contributed by atoms with Gasteiger partial charge in [0.2, 0.25) is 0 Å². The quantitative estimate of drug-likeness (QED) is 0.740. The molecular weight excluding hydrogens is 240 g/mol. The van der Waals surface area contributed by atoms with Crippen LogP contribution in [0.25, 0.3) is 0 Å². The highest BCUT2D eigenvalue weighted by atomic mass is 16.3. The van der Waals surface area contributed by atoms with E-state index in [9.17, 15) is 10.2 Å². The lowest BCUT2D eigenvalue weighted by Crippen LogP contribution is -2.49. The van der Waals surface area contributed by atoms with Gasteiger partial charge in [-0.1, -0.05) is 38.5 Å². The summed E-state index contributed by atoms with van der Waals surface area (Å²) < 4.78 is 0. The van der Waals surface area contributed by atoms with E-state index in [2.05, 4.69) is 0 Å². The van der Waals surface area contributed by atoms with E-state index >= 15 is 0 Å². The first kappa shape index (κ1) is 16.9. The molecule has 0 aromatic carbocycles. The van der Waals surface area contributed by atoms with Crippen molar-refractivity contribution in [2.45, 2.75) is 76.7 Å². The maximum Gasteiger partial charge on any atom is 0.0933 e. The Balaban J connectivity index is 0.000000550. The van der Waals surface area contributed by atoms with E-state index in [-0.39, 0.29) is 13.2 Å². The average molecular weight is 272 g/mol. The average Bonchev–Trinajstić information content (AvgIpc) is 2.49. The summed E-state index contributed by atoms with van der Waals surface area (Å²) in [5.41, 5.74) is -0.763. The van der Waals surface area contributed by atoms with Crippen molar-refractivity contribution in [3.63, 3.8) is 0 Å². The molecule has 114 valence electrons. The lowest BCUT2D eigenvalue weighted by molar-refractivity contribution is -0.122. The van der Waals surface area contributed by atoms with Crippen molar-refractivity contribution < 1.29 is 15.3 Å². The molecule has 0 bridgehead atoms. The van der Waals surface area contributed by atoms with E-state index in [1.807, 2.05) is 0 Å².